The summed E-state index contributed by atoms with van der Waals surface area (Å²) >= 11 is 17.7. The molecule has 3 amide bonds. The van der Waals surface area contributed by atoms with Crippen molar-refractivity contribution in [3.05, 3.63) is 101 Å². The van der Waals surface area contributed by atoms with Gasteiger partial charge in [-0.15, -0.1) is 0 Å². The van der Waals surface area contributed by atoms with Crippen molar-refractivity contribution in [2.45, 2.75) is 16.2 Å². The number of nitrogens with one attached hydrogen (secondary N) is 2. The zero-order valence-corrected chi connectivity index (χ0v) is 25.5. The van der Waals surface area contributed by atoms with Crippen molar-refractivity contribution in [1.29, 1.82) is 0 Å². The number of amides is 3. The predicted molar refractivity (Wildman–Crippen MR) is 164 cm³/mol. The summed E-state index contributed by atoms with van der Waals surface area (Å²) < 4.78 is 6.69. The Balaban J connectivity index is 1.35. The van der Waals surface area contributed by atoms with E-state index in [9.17, 15) is 19.2 Å². The van der Waals surface area contributed by atoms with Gasteiger partial charge < -0.3 is 15.0 Å². The Morgan fingerprint density at radius 1 is 1.00 bits per heavy atom. The molecular formula is C28H18BrCl2N3O5S2. The predicted octanol–water partition coefficient (Wildman–Crippen LogP) is 6.32. The first kappa shape index (κ1) is 28.0. The van der Waals surface area contributed by atoms with Crippen LogP contribution in [0.25, 0.3) is 0 Å². The highest BCUT2D eigenvalue weighted by atomic mass is 79.9. The fourth-order valence-electron chi connectivity index (χ4n) is 4.99. The summed E-state index contributed by atoms with van der Waals surface area (Å²) in [5, 5.41) is 3.17. The summed E-state index contributed by atoms with van der Waals surface area (Å²) in [6.45, 7) is -0.344. The maximum absolute atomic E-state index is 13.9. The van der Waals surface area contributed by atoms with Crippen molar-refractivity contribution >= 4 is 91.3 Å². The molecular weight excluding hydrogens is 673 g/mol. The number of ether oxygens (including phenoxy) is 1. The average molecular weight is 691 g/mol. The Kier molecular flexibility index (Phi) is 7.73. The van der Waals surface area contributed by atoms with Gasteiger partial charge in [-0.25, -0.2) is 4.90 Å². The van der Waals surface area contributed by atoms with Crippen LogP contribution in [0.5, 0.6) is 5.75 Å². The minimum atomic E-state index is -0.798. The van der Waals surface area contributed by atoms with Crippen LogP contribution in [0.1, 0.15) is 16.4 Å². The van der Waals surface area contributed by atoms with E-state index in [1.807, 2.05) is 6.07 Å². The van der Waals surface area contributed by atoms with E-state index in [0.717, 1.165) is 11.3 Å². The molecule has 0 aliphatic carbocycles. The summed E-state index contributed by atoms with van der Waals surface area (Å²) in [5.74, 6) is -2.28. The number of benzene rings is 3. The van der Waals surface area contributed by atoms with Gasteiger partial charge in [-0.1, -0.05) is 80.4 Å². The standard InChI is InChI=1S/C28H18BrCl2N3O5S2/c29-13-6-9-19(39-12-20(35)32-14-7-8-17(30)18(31)11-14)16(10-13)21-22-24(40-25-23(21)41-28(38)33-25)27(37)34(26(22)36)15-4-2-1-3-5-15/h1-11,21-22,24H,12H2,(H,32,35)(H,33,38). The second-order valence-corrected chi connectivity index (χ2v) is 13.1. The van der Waals surface area contributed by atoms with Crippen LogP contribution in [0.2, 0.25) is 10.0 Å². The quantitative estimate of drug-likeness (QED) is 0.229. The van der Waals surface area contributed by atoms with E-state index < -0.39 is 23.0 Å². The van der Waals surface area contributed by atoms with Crippen LogP contribution in [0, 0.1) is 5.92 Å². The van der Waals surface area contributed by atoms with Crippen LogP contribution >= 0.6 is 62.2 Å². The van der Waals surface area contributed by atoms with Gasteiger partial charge in [-0.2, -0.15) is 0 Å². The van der Waals surface area contributed by atoms with E-state index >= 15 is 0 Å². The number of thioether (sulfide) groups is 1. The zero-order chi connectivity index (χ0) is 28.8. The number of aromatic nitrogens is 1. The van der Waals surface area contributed by atoms with Gasteiger partial charge in [-0.05, 0) is 48.5 Å². The van der Waals surface area contributed by atoms with Crippen LogP contribution in [-0.4, -0.2) is 34.6 Å². The molecule has 0 bridgehead atoms. The molecule has 2 aliphatic heterocycles. The molecule has 6 rings (SSSR count). The summed E-state index contributed by atoms with van der Waals surface area (Å²) in [7, 11) is 0. The number of para-hydroxylation sites is 1. The van der Waals surface area contributed by atoms with Gasteiger partial charge >= 0.3 is 4.87 Å². The SMILES string of the molecule is O=C(COc1ccc(Br)cc1C1c2sc(=O)[nH]c2SC2C(=O)N(c3ccccc3)C(=O)C21)Nc1ccc(Cl)c(Cl)c1. The maximum Gasteiger partial charge on any atom is 0.305 e. The molecule has 13 heteroatoms. The number of carbonyl (C=O) groups excluding carboxylic acids is 3. The number of nitrogens with zero attached hydrogens (tertiary/aromatic N) is 1. The first-order valence-corrected chi connectivity index (χ1v) is 15.5. The third-order valence-electron chi connectivity index (χ3n) is 6.71. The normalized spacial score (nSPS) is 19.6. The molecule has 3 atom stereocenters. The molecule has 0 spiro atoms. The minimum Gasteiger partial charge on any atom is -0.483 e. The molecule has 1 saturated heterocycles. The van der Waals surface area contributed by atoms with Crippen molar-refractivity contribution in [3.63, 3.8) is 0 Å². The lowest BCUT2D eigenvalue weighted by molar-refractivity contribution is -0.122. The largest absolute Gasteiger partial charge is 0.483 e. The Labute approximate surface area is 260 Å². The van der Waals surface area contributed by atoms with E-state index in [-0.39, 0.29) is 23.3 Å². The third kappa shape index (κ3) is 5.32. The third-order valence-corrected chi connectivity index (χ3v) is 10.3. The van der Waals surface area contributed by atoms with Crippen molar-refractivity contribution in [2.24, 2.45) is 5.92 Å². The molecule has 41 heavy (non-hydrogen) atoms. The molecule has 3 heterocycles. The minimum absolute atomic E-state index is 0.286. The molecule has 2 aliphatic rings. The lowest BCUT2D eigenvalue weighted by Gasteiger charge is -2.31. The number of hydrogen-bond acceptors (Lipinski definition) is 7. The van der Waals surface area contributed by atoms with Gasteiger partial charge in [-0.3, -0.25) is 19.2 Å². The van der Waals surface area contributed by atoms with Crippen LogP contribution in [0.15, 0.2) is 81.0 Å². The molecule has 4 aromatic rings. The Morgan fingerprint density at radius 2 is 1.78 bits per heavy atom. The summed E-state index contributed by atoms with van der Waals surface area (Å²) in [6, 6.07) is 18.7. The van der Waals surface area contributed by atoms with Crippen molar-refractivity contribution in [1.82, 2.24) is 4.98 Å². The molecule has 2 N–H and O–H groups in total. The number of anilines is 2. The molecule has 0 radical (unpaired) electrons. The van der Waals surface area contributed by atoms with Gasteiger partial charge in [0.15, 0.2) is 6.61 Å². The van der Waals surface area contributed by atoms with E-state index in [1.165, 1.54) is 22.7 Å². The van der Waals surface area contributed by atoms with E-state index in [0.29, 0.717) is 47.1 Å². The fourth-order valence-corrected chi connectivity index (χ4v) is 8.17. The second kappa shape index (κ2) is 11.3. The topological polar surface area (TPSA) is 109 Å². The summed E-state index contributed by atoms with van der Waals surface area (Å²) in [4.78, 5) is 57.1. The highest BCUT2D eigenvalue weighted by Gasteiger charge is 2.56. The maximum atomic E-state index is 13.9. The Morgan fingerprint density at radius 3 is 2.54 bits per heavy atom. The van der Waals surface area contributed by atoms with E-state index in [2.05, 4.69) is 26.2 Å². The molecule has 3 aromatic carbocycles. The molecule has 208 valence electrons. The van der Waals surface area contributed by atoms with Crippen LogP contribution in [0.3, 0.4) is 0 Å². The average Bonchev–Trinajstić information content (AvgIpc) is 3.44. The smallest absolute Gasteiger partial charge is 0.305 e. The number of rotatable bonds is 6. The van der Waals surface area contributed by atoms with Crippen LogP contribution in [-0.2, 0) is 14.4 Å². The molecule has 1 fully saturated rings. The highest BCUT2D eigenvalue weighted by Crippen LogP contribution is 2.54. The molecule has 0 saturated carbocycles. The Hall–Kier alpha value is -3.09. The van der Waals surface area contributed by atoms with Gasteiger partial charge in [0.2, 0.25) is 11.8 Å². The Bertz CT molecular complexity index is 1760. The lowest BCUT2D eigenvalue weighted by Crippen LogP contribution is -2.32. The van der Waals surface area contributed by atoms with Crippen LogP contribution < -0.4 is 19.8 Å². The van der Waals surface area contributed by atoms with Crippen LogP contribution in [0.4, 0.5) is 11.4 Å². The number of imide groups is 1. The molecule has 1 aromatic heterocycles. The van der Waals surface area contributed by atoms with Crippen molar-refractivity contribution in [2.75, 3.05) is 16.8 Å². The van der Waals surface area contributed by atoms with Gasteiger partial charge in [0.1, 0.15) is 11.0 Å². The molecule has 3 unspecified atom stereocenters. The van der Waals surface area contributed by atoms with Gasteiger partial charge in [0, 0.05) is 26.5 Å². The fraction of sp³-hybridized carbons (Fsp3) is 0.143. The van der Waals surface area contributed by atoms with Crippen molar-refractivity contribution in [3.8, 4) is 5.75 Å². The number of aromatic amines is 1. The molecule has 8 nitrogen and oxygen atoms in total. The van der Waals surface area contributed by atoms with Gasteiger partial charge in [0.05, 0.1) is 26.7 Å². The monoisotopic (exact) mass is 689 g/mol. The van der Waals surface area contributed by atoms with E-state index in [1.54, 1.807) is 54.6 Å². The second-order valence-electron chi connectivity index (χ2n) is 9.25. The van der Waals surface area contributed by atoms with E-state index in [4.69, 9.17) is 27.9 Å². The summed E-state index contributed by atoms with van der Waals surface area (Å²) in [5.41, 5.74) is 1.51. The van der Waals surface area contributed by atoms with Gasteiger partial charge in [0.25, 0.3) is 5.91 Å². The number of hydrogen-bond donors (Lipinski definition) is 2. The zero-order valence-electron chi connectivity index (χ0n) is 20.7. The number of fused-ring (bicyclic) bond motifs is 2. The first-order chi connectivity index (χ1) is 19.7. The number of carbonyl (C=O) groups is 3. The number of thiazole rings is 1. The summed E-state index contributed by atoms with van der Waals surface area (Å²) in [6.07, 6.45) is 0. The number of halogens is 3. The van der Waals surface area contributed by atoms with Crippen molar-refractivity contribution < 1.29 is 19.1 Å². The highest BCUT2D eigenvalue weighted by molar-refractivity contribution is 9.10. The number of H-pyrrole nitrogens is 1. The first-order valence-electron chi connectivity index (χ1n) is 12.2. The lowest BCUT2D eigenvalue weighted by atomic mass is 9.82.